The molecular weight excluding hydrogens is 380 g/mol. The number of amides is 2. The summed E-state index contributed by atoms with van der Waals surface area (Å²) in [4.78, 5) is 38.7. The molecule has 0 aliphatic rings. The first-order valence-electron chi connectivity index (χ1n) is 8.78. The monoisotopic (exact) mass is 398 g/mol. The first kappa shape index (κ1) is 19.6. The zero-order valence-corrected chi connectivity index (χ0v) is 16.0. The van der Waals surface area contributed by atoms with Crippen molar-refractivity contribution in [2.24, 2.45) is 5.73 Å². The summed E-state index contributed by atoms with van der Waals surface area (Å²) in [5.41, 5.74) is 5.57. The van der Waals surface area contributed by atoms with Gasteiger partial charge in [-0.25, -0.2) is 4.68 Å². The van der Waals surface area contributed by atoms with E-state index in [1.807, 2.05) is 0 Å². The number of anilines is 1. The minimum atomic E-state index is -0.541. The first-order chi connectivity index (χ1) is 13.4. The number of hydrogen-bond donors (Lipinski definition) is 1. The average molecular weight is 399 g/mol. The fourth-order valence-corrected chi connectivity index (χ4v) is 3.20. The second kappa shape index (κ2) is 8.22. The summed E-state index contributed by atoms with van der Waals surface area (Å²) >= 11 is 6.28. The molecule has 0 aliphatic carbocycles. The Kier molecular flexibility index (Phi) is 5.75. The number of hydrogen-bond acceptors (Lipinski definition) is 4. The van der Waals surface area contributed by atoms with E-state index in [1.54, 1.807) is 55.5 Å². The van der Waals surface area contributed by atoms with Crippen LogP contribution in [-0.2, 0) is 11.3 Å². The molecule has 8 heteroatoms. The third-order valence-electron chi connectivity index (χ3n) is 4.34. The molecule has 0 saturated heterocycles. The lowest BCUT2D eigenvalue weighted by Crippen LogP contribution is -2.36. The molecule has 0 atom stereocenters. The van der Waals surface area contributed by atoms with E-state index in [-0.39, 0.29) is 24.2 Å². The van der Waals surface area contributed by atoms with Gasteiger partial charge >= 0.3 is 0 Å². The lowest BCUT2D eigenvalue weighted by molar-refractivity contribution is -0.117. The molecule has 2 aromatic carbocycles. The molecule has 3 rings (SSSR count). The van der Waals surface area contributed by atoms with Gasteiger partial charge < -0.3 is 10.6 Å². The Morgan fingerprint density at radius 1 is 1.11 bits per heavy atom. The van der Waals surface area contributed by atoms with Gasteiger partial charge in [0.25, 0.3) is 11.5 Å². The number of nitrogens with two attached hydrogens (primary N) is 1. The summed E-state index contributed by atoms with van der Waals surface area (Å²) < 4.78 is 1.24. The van der Waals surface area contributed by atoms with Crippen molar-refractivity contribution >= 4 is 39.9 Å². The van der Waals surface area contributed by atoms with Gasteiger partial charge in [-0.15, -0.1) is 0 Å². The van der Waals surface area contributed by atoms with Gasteiger partial charge in [0.05, 0.1) is 16.1 Å². The molecule has 3 aromatic rings. The van der Waals surface area contributed by atoms with Gasteiger partial charge in [0, 0.05) is 24.9 Å². The maximum atomic E-state index is 13.4. The number of para-hydroxylation sites is 1. The van der Waals surface area contributed by atoms with Crippen molar-refractivity contribution in [3.63, 3.8) is 0 Å². The van der Waals surface area contributed by atoms with Crippen molar-refractivity contribution in [1.82, 2.24) is 9.78 Å². The van der Waals surface area contributed by atoms with Gasteiger partial charge in [0.15, 0.2) is 5.69 Å². The molecule has 1 aromatic heterocycles. The van der Waals surface area contributed by atoms with Crippen molar-refractivity contribution in [3.05, 3.63) is 69.6 Å². The summed E-state index contributed by atoms with van der Waals surface area (Å²) in [7, 11) is 0. The van der Waals surface area contributed by atoms with Crippen LogP contribution in [0.15, 0.2) is 53.3 Å². The van der Waals surface area contributed by atoms with Crippen LogP contribution in [0.25, 0.3) is 10.8 Å². The lowest BCUT2D eigenvalue weighted by atomic mass is 10.1. The Labute approximate surface area is 166 Å². The number of rotatable bonds is 6. The van der Waals surface area contributed by atoms with E-state index in [0.717, 1.165) is 0 Å². The van der Waals surface area contributed by atoms with Crippen LogP contribution in [0.4, 0.5) is 5.69 Å². The van der Waals surface area contributed by atoms with Crippen molar-refractivity contribution in [2.75, 3.05) is 11.4 Å². The number of aromatic nitrogens is 2. The van der Waals surface area contributed by atoms with Crippen LogP contribution < -0.4 is 16.2 Å². The van der Waals surface area contributed by atoms with Gasteiger partial charge in [-0.05, 0) is 25.1 Å². The summed E-state index contributed by atoms with van der Waals surface area (Å²) in [6.07, 6.45) is -0.0394. The molecule has 0 spiro atoms. The first-order valence-corrected chi connectivity index (χ1v) is 9.16. The van der Waals surface area contributed by atoms with Crippen LogP contribution in [0.2, 0.25) is 5.02 Å². The maximum Gasteiger partial charge on any atom is 0.279 e. The Morgan fingerprint density at radius 2 is 1.75 bits per heavy atom. The Bertz CT molecular complexity index is 1110. The third kappa shape index (κ3) is 3.75. The molecule has 7 nitrogen and oxygen atoms in total. The van der Waals surface area contributed by atoms with E-state index in [1.165, 1.54) is 9.58 Å². The van der Waals surface area contributed by atoms with E-state index < -0.39 is 11.8 Å². The highest BCUT2D eigenvalue weighted by Crippen LogP contribution is 2.27. The van der Waals surface area contributed by atoms with Gasteiger partial charge in [-0.1, -0.05) is 41.9 Å². The second-order valence-corrected chi connectivity index (χ2v) is 6.55. The lowest BCUT2D eigenvalue weighted by Gasteiger charge is -2.24. The summed E-state index contributed by atoms with van der Waals surface area (Å²) in [5, 5.41) is 5.47. The summed E-state index contributed by atoms with van der Waals surface area (Å²) in [6.45, 7) is 2.13. The highest BCUT2D eigenvalue weighted by molar-refractivity contribution is 6.34. The SMILES string of the molecule is CCn1nc(C(=O)N(CCC(N)=O)c2ccccc2Cl)c2ccccc2c1=O. The number of fused-ring (bicyclic) bond motifs is 1. The molecule has 2 amide bonds. The minimum Gasteiger partial charge on any atom is -0.370 e. The highest BCUT2D eigenvalue weighted by atomic mass is 35.5. The minimum absolute atomic E-state index is 0.0394. The number of carbonyl (C=O) groups excluding carboxylic acids is 2. The van der Waals surface area contributed by atoms with Crippen molar-refractivity contribution in [3.8, 4) is 0 Å². The average Bonchev–Trinajstić information content (AvgIpc) is 2.69. The number of halogens is 1. The molecular formula is C20H19ClN4O3. The fourth-order valence-electron chi connectivity index (χ4n) is 2.96. The molecule has 0 fully saturated rings. The fraction of sp³-hybridized carbons (Fsp3) is 0.200. The van der Waals surface area contributed by atoms with Crippen molar-refractivity contribution in [1.29, 1.82) is 0 Å². The Balaban J connectivity index is 2.18. The molecule has 0 saturated carbocycles. The molecule has 28 heavy (non-hydrogen) atoms. The van der Waals surface area contributed by atoms with Crippen LogP contribution >= 0.6 is 11.6 Å². The molecule has 2 N–H and O–H groups in total. The molecule has 0 bridgehead atoms. The van der Waals surface area contributed by atoms with Crippen LogP contribution in [0.1, 0.15) is 23.8 Å². The number of carbonyl (C=O) groups is 2. The number of nitrogens with zero attached hydrogens (tertiary/aromatic N) is 3. The standard InChI is InChI=1S/C20H19ClN4O3/c1-2-25-19(27)14-8-4-3-7-13(14)18(23-25)20(28)24(12-11-17(22)26)16-10-6-5-9-15(16)21/h3-10H,2,11-12H2,1H3,(H2,22,26). The topological polar surface area (TPSA) is 98.3 Å². The molecule has 0 unspecified atom stereocenters. The second-order valence-electron chi connectivity index (χ2n) is 6.14. The smallest absolute Gasteiger partial charge is 0.279 e. The van der Waals surface area contributed by atoms with Gasteiger partial charge in [-0.3, -0.25) is 14.4 Å². The van der Waals surface area contributed by atoms with Gasteiger partial charge in [0.1, 0.15) is 0 Å². The molecule has 144 valence electrons. The zero-order chi connectivity index (χ0) is 20.3. The zero-order valence-electron chi connectivity index (χ0n) is 15.3. The summed E-state index contributed by atoms with van der Waals surface area (Å²) in [5.74, 6) is -1.01. The summed E-state index contributed by atoms with van der Waals surface area (Å²) in [6, 6.07) is 13.6. The largest absolute Gasteiger partial charge is 0.370 e. The quantitative estimate of drug-likeness (QED) is 0.689. The maximum absolute atomic E-state index is 13.4. The van der Waals surface area contributed by atoms with Crippen molar-refractivity contribution < 1.29 is 9.59 Å². The molecule has 0 radical (unpaired) electrons. The number of aryl methyl sites for hydroxylation is 1. The number of primary amides is 1. The van der Waals surface area contributed by atoms with Crippen LogP contribution in [0.5, 0.6) is 0 Å². The van der Waals surface area contributed by atoms with Crippen LogP contribution in [-0.4, -0.2) is 28.1 Å². The predicted octanol–water partition coefficient (Wildman–Crippen LogP) is 2.59. The van der Waals surface area contributed by atoms with E-state index in [9.17, 15) is 14.4 Å². The van der Waals surface area contributed by atoms with E-state index in [0.29, 0.717) is 28.0 Å². The third-order valence-corrected chi connectivity index (χ3v) is 4.66. The molecule has 1 heterocycles. The van der Waals surface area contributed by atoms with E-state index >= 15 is 0 Å². The predicted molar refractivity (Wildman–Crippen MR) is 109 cm³/mol. The normalized spacial score (nSPS) is 10.8. The van der Waals surface area contributed by atoms with Crippen molar-refractivity contribution in [2.45, 2.75) is 19.9 Å². The Morgan fingerprint density at radius 3 is 2.39 bits per heavy atom. The van der Waals surface area contributed by atoms with E-state index in [4.69, 9.17) is 17.3 Å². The number of benzene rings is 2. The van der Waals surface area contributed by atoms with Gasteiger partial charge in [-0.2, -0.15) is 5.10 Å². The highest BCUT2D eigenvalue weighted by Gasteiger charge is 2.25. The van der Waals surface area contributed by atoms with Crippen LogP contribution in [0.3, 0.4) is 0 Å². The molecule has 0 aliphatic heterocycles. The van der Waals surface area contributed by atoms with Gasteiger partial charge in [0.2, 0.25) is 5.91 Å². The Hall–Kier alpha value is -3.19. The van der Waals surface area contributed by atoms with Crippen LogP contribution in [0, 0.1) is 0 Å². The van der Waals surface area contributed by atoms with E-state index in [2.05, 4.69) is 5.10 Å².